The second kappa shape index (κ2) is 9.22. The van der Waals surface area contributed by atoms with E-state index in [4.69, 9.17) is 0 Å². The first-order chi connectivity index (χ1) is 11.9. The highest BCUT2D eigenvalue weighted by Crippen LogP contribution is 2.38. The first-order valence-electron chi connectivity index (χ1n) is 9.32. The number of benzene rings is 2. The highest BCUT2D eigenvalue weighted by Gasteiger charge is 2.17. The Hall–Kier alpha value is -1.34. The molecular formula is C23H27Br. The summed E-state index contributed by atoms with van der Waals surface area (Å²) in [4.78, 5) is 0. The zero-order valence-corrected chi connectivity index (χ0v) is 16.0. The van der Waals surface area contributed by atoms with Crippen molar-refractivity contribution in [1.29, 1.82) is 0 Å². The molecule has 0 nitrogen and oxygen atoms in total. The number of aryl methyl sites for hydroxylation is 1. The summed E-state index contributed by atoms with van der Waals surface area (Å²) in [6, 6.07) is 20.1. The van der Waals surface area contributed by atoms with E-state index in [1.807, 2.05) is 0 Å². The summed E-state index contributed by atoms with van der Waals surface area (Å²) in [7, 11) is 0. The van der Waals surface area contributed by atoms with Crippen molar-refractivity contribution in [2.24, 2.45) is 0 Å². The Kier molecular flexibility index (Phi) is 6.72. The molecule has 126 valence electrons. The number of fused-ring (bicyclic) bond motifs is 1. The van der Waals surface area contributed by atoms with Gasteiger partial charge in [-0.1, -0.05) is 83.4 Å². The van der Waals surface area contributed by atoms with Crippen LogP contribution in [0.3, 0.4) is 0 Å². The molecule has 0 aromatic heterocycles. The largest absolute Gasteiger partial charge is 0.0928 e. The topological polar surface area (TPSA) is 0 Å². The molecule has 2 aromatic rings. The van der Waals surface area contributed by atoms with Gasteiger partial charge in [-0.05, 0) is 66.4 Å². The number of halogens is 1. The van der Waals surface area contributed by atoms with E-state index in [0.29, 0.717) is 0 Å². The Morgan fingerprint density at radius 1 is 0.750 bits per heavy atom. The average Bonchev–Trinajstić information content (AvgIpc) is 2.82. The summed E-state index contributed by atoms with van der Waals surface area (Å²) in [6.45, 7) is 0. The van der Waals surface area contributed by atoms with Gasteiger partial charge in [0.05, 0.1) is 0 Å². The van der Waals surface area contributed by atoms with Crippen molar-refractivity contribution in [3.05, 3.63) is 71.3 Å². The monoisotopic (exact) mass is 382 g/mol. The SMILES string of the molecule is BrCCCCCCC1=C(c2ccccc2)CCCc2ccccc21. The lowest BCUT2D eigenvalue weighted by molar-refractivity contribution is 0.684. The van der Waals surface area contributed by atoms with Crippen LogP contribution < -0.4 is 0 Å². The van der Waals surface area contributed by atoms with Gasteiger partial charge in [-0.2, -0.15) is 0 Å². The Bertz CT molecular complexity index is 669. The maximum atomic E-state index is 3.54. The maximum absolute atomic E-state index is 3.54. The molecule has 1 aliphatic carbocycles. The van der Waals surface area contributed by atoms with Crippen LogP contribution in [0.2, 0.25) is 0 Å². The lowest BCUT2D eigenvalue weighted by Crippen LogP contribution is -1.94. The van der Waals surface area contributed by atoms with Crippen LogP contribution in [0.5, 0.6) is 0 Å². The summed E-state index contributed by atoms with van der Waals surface area (Å²) in [6.07, 6.45) is 10.1. The lowest BCUT2D eigenvalue weighted by Gasteiger charge is -2.16. The fraction of sp³-hybridized carbons (Fsp3) is 0.391. The Morgan fingerprint density at radius 3 is 2.33 bits per heavy atom. The number of hydrogen-bond donors (Lipinski definition) is 0. The van der Waals surface area contributed by atoms with E-state index in [-0.39, 0.29) is 0 Å². The van der Waals surface area contributed by atoms with Crippen LogP contribution in [0.15, 0.2) is 54.6 Å². The number of alkyl halides is 1. The van der Waals surface area contributed by atoms with Crippen molar-refractivity contribution in [1.82, 2.24) is 0 Å². The fourth-order valence-corrected chi connectivity index (χ4v) is 4.19. The van der Waals surface area contributed by atoms with Crippen molar-refractivity contribution in [2.75, 3.05) is 5.33 Å². The van der Waals surface area contributed by atoms with Gasteiger partial charge in [-0.25, -0.2) is 0 Å². The molecule has 0 heterocycles. The van der Waals surface area contributed by atoms with E-state index in [1.54, 1.807) is 16.7 Å². The molecule has 0 amide bonds. The Morgan fingerprint density at radius 2 is 1.50 bits per heavy atom. The predicted molar refractivity (Wildman–Crippen MR) is 110 cm³/mol. The Labute approximate surface area is 155 Å². The van der Waals surface area contributed by atoms with Gasteiger partial charge >= 0.3 is 0 Å². The molecule has 0 saturated heterocycles. The molecule has 1 heteroatoms. The van der Waals surface area contributed by atoms with Crippen molar-refractivity contribution in [3.63, 3.8) is 0 Å². The van der Waals surface area contributed by atoms with Gasteiger partial charge in [0.1, 0.15) is 0 Å². The number of hydrogen-bond acceptors (Lipinski definition) is 0. The zero-order chi connectivity index (χ0) is 16.6. The van der Waals surface area contributed by atoms with E-state index in [0.717, 1.165) is 5.33 Å². The van der Waals surface area contributed by atoms with Crippen LogP contribution in [0, 0.1) is 0 Å². The van der Waals surface area contributed by atoms with Crippen molar-refractivity contribution >= 4 is 27.1 Å². The summed E-state index contributed by atoms with van der Waals surface area (Å²) < 4.78 is 0. The van der Waals surface area contributed by atoms with E-state index in [2.05, 4.69) is 70.5 Å². The van der Waals surface area contributed by atoms with Crippen LogP contribution in [-0.4, -0.2) is 5.33 Å². The smallest absolute Gasteiger partial charge is 0.00313 e. The molecule has 0 unspecified atom stereocenters. The van der Waals surface area contributed by atoms with Crippen molar-refractivity contribution in [2.45, 2.75) is 51.4 Å². The van der Waals surface area contributed by atoms with E-state index < -0.39 is 0 Å². The molecule has 0 N–H and O–H groups in total. The predicted octanol–water partition coefficient (Wildman–Crippen LogP) is 7.28. The maximum Gasteiger partial charge on any atom is 0.00313 e. The Balaban J connectivity index is 1.91. The summed E-state index contributed by atoms with van der Waals surface area (Å²) in [5.74, 6) is 0. The van der Waals surface area contributed by atoms with Gasteiger partial charge in [0.2, 0.25) is 0 Å². The summed E-state index contributed by atoms with van der Waals surface area (Å²) in [5, 5.41) is 1.13. The zero-order valence-electron chi connectivity index (χ0n) is 14.4. The quantitative estimate of drug-likeness (QED) is 0.348. The standard InChI is InChI=1S/C23H27Br/c24-18-9-2-1-6-16-23-21-15-8-7-13-20(21)14-10-17-22(23)19-11-4-3-5-12-19/h3-5,7-8,11-13,15H,1-2,6,9-10,14,16-18H2. The molecule has 0 spiro atoms. The van der Waals surface area contributed by atoms with Crippen molar-refractivity contribution < 1.29 is 0 Å². The van der Waals surface area contributed by atoms with Gasteiger partial charge < -0.3 is 0 Å². The molecule has 24 heavy (non-hydrogen) atoms. The average molecular weight is 383 g/mol. The minimum atomic E-state index is 1.13. The number of unbranched alkanes of at least 4 members (excludes halogenated alkanes) is 3. The minimum absolute atomic E-state index is 1.13. The molecule has 0 radical (unpaired) electrons. The van der Waals surface area contributed by atoms with Crippen LogP contribution in [0.1, 0.15) is 61.6 Å². The number of rotatable bonds is 7. The molecular weight excluding hydrogens is 356 g/mol. The van der Waals surface area contributed by atoms with Gasteiger partial charge in [0, 0.05) is 5.33 Å². The van der Waals surface area contributed by atoms with E-state index >= 15 is 0 Å². The van der Waals surface area contributed by atoms with Gasteiger partial charge in [0.15, 0.2) is 0 Å². The summed E-state index contributed by atoms with van der Waals surface area (Å²) >= 11 is 3.54. The highest BCUT2D eigenvalue weighted by molar-refractivity contribution is 9.09. The van der Waals surface area contributed by atoms with Crippen LogP contribution >= 0.6 is 15.9 Å². The molecule has 2 aromatic carbocycles. The fourth-order valence-electron chi connectivity index (χ4n) is 3.80. The van der Waals surface area contributed by atoms with E-state index in [1.165, 1.54) is 62.5 Å². The van der Waals surface area contributed by atoms with Gasteiger partial charge in [-0.3, -0.25) is 0 Å². The first-order valence-corrected chi connectivity index (χ1v) is 10.4. The van der Waals surface area contributed by atoms with E-state index in [9.17, 15) is 0 Å². The highest BCUT2D eigenvalue weighted by atomic mass is 79.9. The van der Waals surface area contributed by atoms with Crippen LogP contribution in [0.4, 0.5) is 0 Å². The van der Waals surface area contributed by atoms with Crippen molar-refractivity contribution in [3.8, 4) is 0 Å². The molecule has 0 bridgehead atoms. The third kappa shape index (κ3) is 4.39. The third-order valence-electron chi connectivity index (χ3n) is 5.01. The van der Waals surface area contributed by atoms with Crippen LogP contribution in [0.25, 0.3) is 11.1 Å². The van der Waals surface area contributed by atoms with Crippen LogP contribution in [-0.2, 0) is 6.42 Å². The second-order valence-electron chi connectivity index (χ2n) is 6.69. The first kappa shape index (κ1) is 17.5. The molecule has 0 fully saturated rings. The second-order valence-corrected chi connectivity index (χ2v) is 7.48. The summed E-state index contributed by atoms with van der Waals surface area (Å²) in [5.41, 5.74) is 7.66. The molecule has 0 saturated carbocycles. The molecule has 1 aliphatic rings. The molecule has 0 aliphatic heterocycles. The minimum Gasteiger partial charge on any atom is -0.0928 e. The lowest BCUT2D eigenvalue weighted by atomic mass is 9.89. The third-order valence-corrected chi connectivity index (χ3v) is 5.57. The normalized spacial score (nSPS) is 14.4. The number of allylic oxidation sites excluding steroid dienone is 2. The molecule has 3 rings (SSSR count). The van der Waals surface area contributed by atoms with Gasteiger partial charge in [0.25, 0.3) is 0 Å². The van der Waals surface area contributed by atoms with Gasteiger partial charge in [-0.15, -0.1) is 0 Å². The molecule has 0 atom stereocenters.